The van der Waals surface area contributed by atoms with Gasteiger partial charge in [-0.1, -0.05) is 65.3 Å². The van der Waals surface area contributed by atoms with Crippen molar-refractivity contribution in [2.75, 3.05) is 0 Å². The summed E-state index contributed by atoms with van der Waals surface area (Å²) in [7, 11) is 0. The van der Waals surface area contributed by atoms with Crippen LogP contribution in [-0.4, -0.2) is 22.4 Å². The van der Waals surface area contributed by atoms with E-state index in [0.717, 1.165) is 25.2 Å². The Kier molecular flexibility index (Phi) is 6.08. The van der Waals surface area contributed by atoms with Crippen LogP contribution >= 0.6 is 0 Å². The van der Waals surface area contributed by atoms with Crippen molar-refractivity contribution in [1.29, 1.82) is 0 Å². The van der Waals surface area contributed by atoms with E-state index in [9.17, 15) is 10.2 Å². The standard InChI is InChI=1S/C28H46O2/c1-17(2)18(3)7-8-19(4)22-9-10-23-21-16-26(30)25-15-20(29)11-13-28(25,6)24(21)12-14-27(22,23)5/h7-8,16-20,22-26,29-30H,9-15H2,1-6H3/b8-7+/t18-,19-,20+,22-,23?,24?,25-,26+,27-,28-/m1/s1. The highest BCUT2D eigenvalue weighted by atomic mass is 16.3. The van der Waals surface area contributed by atoms with Gasteiger partial charge in [0.1, 0.15) is 0 Å². The van der Waals surface area contributed by atoms with E-state index in [4.69, 9.17) is 0 Å². The molecule has 0 aromatic carbocycles. The molecule has 0 aromatic heterocycles. The molecule has 4 aliphatic carbocycles. The highest BCUT2D eigenvalue weighted by Gasteiger charge is 2.59. The fraction of sp³-hybridized carbons (Fsp3) is 0.857. The van der Waals surface area contributed by atoms with Crippen molar-refractivity contribution in [2.24, 2.45) is 52.3 Å². The van der Waals surface area contributed by atoms with Gasteiger partial charge in [-0.25, -0.2) is 0 Å². The van der Waals surface area contributed by atoms with Crippen molar-refractivity contribution in [3.8, 4) is 0 Å². The molecular formula is C28H46O2. The average Bonchev–Trinajstić information content (AvgIpc) is 3.04. The first-order chi connectivity index (χ1) is 14.1. The van der Waals surface area contributed by atoms with Crippen molar-refractivity contribution >= 4 is 0 Å². The fourth-order valence-corrected chi connectivity index (χ4v) is 8.17. The lowest BCUT2D eigenvalue weighted by Gasteiger charge is -2.58. The maximum atomic E-state index is 11.1. The summed E-state index contributed by atoms with van der Waals surface area (Å²) >= 11 is 0. The van der Waals surface area contributed by atoms with E-state index >= 15 is 0 Å². The van der Waals surface area contributed by atoms with Crippen LogP contribution in [0.5, 0.6) is 0 Å². The Labute approximate surface area is 185 Å². The first kappa shape index (κ1) is 22.6. The molecule has 0 radical (unpaired) electrons. The molecule has 4 aliphatic rings. The highest BCUT2D eigenvalue weighted by Crippen LogP contribution is 2.66. The molecule has 3 saturated carbocycles. The molecule has 0 aliphatic heterocycles. The van der Waals surface area contributed by atoms with E-state index in [1.807, 2.05) is 0 Å². The van der Waals surface area contributed by atoms with Crippen LogP contribution in [0, 0.1) is 52.3 Å². The first-order valence-corrected chi connectivity index (χ1v) is 12.8. The van der Waals surface area contributed by atoms with Gasteiger partial charge in [-0.05, 0) is 97.2 Å². The lowest BCUT2D eigenvalue weighted by molar-refractivity contribution is -0.0829. The van der Waals surface area contributed by atoms with Gasteiger partial charge in [0.15, 0.2) is 0 Å². The van der Waals surface area contributed by atoms with Crippen LogP contribution in [-0.2, 0) is 0 Å². The third kappa shape index (κ3) is 3.54. The molecule has 0 saturated heterocycles. The third-order valence-electron chi connectivity index (χ3n) is 10.6. The van der Waals surface area contributed by atoms with Crippen LogP contribution in [0.1, 0.15) is 86.5 Å². The zero-order valence-corrected chi connectivity index (χ0v) is 20.3. The normalized spacial score (nSPS) is 48.1. The van der Waals surface area contributed by atoms with E-state index in [-0.39, 0.29) is 23.5 Å². The first-order valence-electron chi connectivity index (χ1n) is 12.8. The molecule has 3 fully saturated rings. The summed E-state index contributed by atoms with van der Waals surface area (Å²) in [6, 6.07) is 0. The average molecular weight is 415 g/mol. The second-order valence-corrected chi connectivity index (χ2v) is 12.4. The number of aliphatic hydroxyl groups excluding tert-OH is 2. The maximum absolute atomic E-state index is 11.1. The Hall–Kier alpha value is -0.600. The van der Waals surface area contributed by atoms with Crippen LogP contribution in [0.3, 0.4) is 0 Å². The molecule has 0 amide bonds. The van der Waals surface area contributed by atoms with E-state index in [2.05, 4.69) is 59.8 Å². The maximum Gasteiger partial charge on any atom is 0.0758 e. The molecule has 4 rings (SSSR count). The number of fused-ring (bicyclic) bond motifs is 5. The lowest BCUT2D eigenvalue weighted by atomic mass is 9.47. The molecular weight excluding hydrogens is 368 g/mol. The molecule has 2 unspecified atom stereocenters. The Balaban J connectivity index is 1.58. The van der Waals surface area contributed by atoms with Gasteiger partial charge >= 0.3 is 0 Å². The van der Waals surface area contributed by atoms with Gasteiger partial charge in [0.05, 0.1) is 12.2 Å². The van der Waals surface area contributed by atoms with Crippen molar-refractivity contribution in [2.45, 2.75) is 98.7 Å². The summed E-state index contributed by atoms with van der Waals surface area (Å²) in [5, 5.41) is 21.4. The number of hydrogen-bond donors (Lipinski definition) is 2. The Bertz CT molecular complexity index is 693. The minimum atomic E-state index is -0.373. The monoisotopic (exact) mass is 414 g/mol. The molecule has 0 aromatic rings. The smallest absolute Gasteiger partial charge is 0.0758 e. The summed E-state index contributed by atoms with van der Waals surface area (Å²) in [4.78, 5) is 0. The fourth-order valence-electron chi connectivity index (χ4n) is 8.17. The van der Waals surface area contributed by atoms with Gasteiger partial charge in [0.25, 0.3) is 0 Å². The number of aliphatic hydroxyl groups is 2. The lowest BCUT2D eigenvalue weighted by Crippen LogP contribution is -2.53. The van der Waals surface area contributed by atoms with Crippen molar-refractivity contribution in [3.63, 3.8) is 0 Å². The molecule has 0 spiro atoms. The topological polar surface area (TPSA) is 40.5 Å². The third-order valence-corrected chi connectivity index (χ3v) is 10.6. The van der Waals surface area contributed by atoms with Gasteiger partial charge in [-0.3, -0.25) is 0 Å². The van der Waals surface area contributed by atoms with Gasteiger partial charge in [-0.15, -0.1) is 0 Å². The molecule has 30 heavy (non-hydrogen) atoms. The summed E-state index contributed by atoms with van der Waals surface area (Å²) in [6.07, 6.45) is 14.6. The van der Waals surface area contributed by atoms with Gasteiger partial charge in [-0.2, -0.15) is 0 Å². The van der Waals surface area contributed by atoms with Gasteiger partial charge in [0, 0.05) is 0 Å². The van der Waals surface area contributed by atoms with E-state index in [1.165, 1.54) is 25.7 Å². The second kappa shape index (κ2) is 8.07. The molecule has 2 nitrogen and oxygen atoms in total. The molecule has 10 atom stereocenters. The predicted octanol–water partition coefficient (Wildman–Crippen LogP) is 6.38. The van der Waals surface area contributed by atoms with Crippen LogP contribution in [0.15, 0.2) is 23.8 Å². The predicted molar refractivity (Wildman–Crippen MR) is 125 cm³/mol. The highest BCUT2D eigenvalue weighted by molar-refractivity contribution is 5.30. The van der Waals surface area contributed by atoms with Gasteiger partial charge in [0.2, 0.25) is 0 Å². The van der Waals surface area contributed by atoms with Crippen molar-refractivity contribution in [1.82, 2.24) is 0 Å². The minimum absolute atomic E-state index is 0.167. The van der Waals surface area contributed by atoms with Crippen LogP contribution in [0.25, 0.3) is 0 Å². The molecule has 2 heteroatoms. The van der Waals surface area contributed by atoms with Crippen LogP contribution in [0.4, 0.5) is 0 Å². The Morgan fingerprint density at radius 3 is 2.27 bits per heavy atom. The Morgan fingerprint density at radius 1 is 0.900 bits per heavy atom. The van der Waals surface area contributed by atoms with E-state index in [0.29, 0.717) is 35.0 Å². The zero-order valence-electron chi connectivity index (χ0n) is 20.3. The van der Waals surface area contributed by atoms with E-state index < -0.39 is 0 Å². The van der Waals surface area contributed by atoms with Crippen LogP contribution in [0.2, 0.25) is 0 Å². The minimum Gasteiger partial charge on any atom is -0.393 e. The van der Waals surface area contributed by atoms with Crippen molar-refractivity contribution < 1.29 is 10.2 Å². The number of rotatable bonds is 4. The number of allylic oxidation sites excluding steroid dienone is 3. The summed E-state index contributed by atoms with van der Waals surface area (Å²) in [6.45, 7) is 14.4. The van der Waals surface area contributed by atoms with E-state index in [1.54, 1.807) is 5.57 Å². The SMILES string of the molecule is CC(C)[C@H](C)/C=C/[C@@H](C)[C@H]1CCC2C3=C[C@H](O)[C@H]4C[C@@H](O)CC[C@]4(C)C3CC[C@@]21C. The second-order valence-electron chi connectivity index (χ2n) is 12.4. The largest absolute Gasteiger partial charge is 0.393 e. The summed E-state index contributed by atoms with van der Waals surface area (Å²) < 4.78 is 0. The molecule has 0 bridgehead atoms. The quantitative estimate of drug-likeness (QED) is 0.524. The number of hydrogen-bond acceptors (Lipinski definition) is 2. The summed E-state index contributed by atoms with van der Waals surface area (Å²) in [5.74, 6) is 4.20. The summed E-state index contributed by atoms with van der Waals surface area (Å²) in [5.41, 5.74) is 2.13. The van der Waals surface area contributed by atoms with Crippen LogP contribution < -0.4 is 0 Å². The Morgan fingerprint density at radius 2 is 1.57 bits per heavy atom. The molecule has 0 heterocycles. The molecule has 2 N–H and O–H groups in total. The van der Waals surface area contributed by atoms with Gasteiger partial charge < -0.3 is 10.2 Å². The zero-order chi connectivity index (χ0) is 21.8. The molecule has 170 valence electrons. The van der Waals surface area contributed by atoms with Crippen molar-refractivity contribution in [3.05, 3.63) is 23.8 Å².